The molecule has 2 aromatic rings. The van der Waals surface area contributed by atoms with Gasteiger partial charge in [0.15, 0.2) is 0 Å². The van der Waals surface area contributed by atoms with Gasteiger partial charge in [-0.05, 0) is 46.9 Å². The zero-order valence-electron chi connectivity index (χ0n) is 11.8. The minimum absolute atomic E-state index is 0. The Labute approximate surface area is 126 Å². The van der Waals surface area contributed by atoms with E-state index >= 15 is 0 Å². The normalized spacial score (nSPS) is 19.6. The highest BCUT2D eigenvalue weighted by molar-refractivity contribution is 5.85. The van der Waals surface area contributed by atoms with Crippen molar-refractivity contribution in [3.05, 3.63) is 47.5 Å². The lowest BCUT2D eigenvalue weighted by Gasteiger charge is -2.26. The Morgan fingerprint density at radius 2 is 1.60 bits per heavy atom. The van der Waals surface area contributed by atoms with Crippen LogP contribution in [-0.4, -0.2) is 24.2 Å². The van der Waals surface area contributed by atoms with Gasteiger partial charge in [-0.25, -0.2) is 0 Å². The molecule has 0 saturated heterocycles. The van der Waals surface area contributed by atoms with Crippen molar-refractivity contribution in [3.8, 4) is 0 Å². The van der Waals surface area contributed by atoms with E-state index in [2.05, 4.69) is 41.3 Å². The zero-order valence-corrected chi connectivity index (χ0v) is 12.6. The van der Waals surface area contributed by atoms with Gasteiger partial charge in [0.2, 0.25) is 0 Å². The number of halogens is 1. The maximum absolute atomic E-state index is 5.42. The number of methoxy groups -OCH3 is 1. The summed E-state index contributed by atoms with van der Waals surface area (Å²) in [5, 5.41) is 2.72. The van der Waals surface area contributed by atoms with Crippen LogP contribution >= 0.6 is 12.4 Å². The summed E-state index contributed by atoms with van der Waals surface area (Å²) in [6.07, 6.45) is 2.57. The van der Waals surface area contributed by atoms with E-state index in [-0.39, 0.29) is 12.4 Å². The minimum atomic E-state index is 0. The SMILES string of the molecule is COCC1(N2Cc3cc4ccccc4cc3C2)CC1.Cl. The van der Waals surface area contributed by atoms with Crippen molar-refractivity contribution in [2.45, 2.75) is 31.5 Å². The van der Waals surface area contributed by atoms with Gasteiger partial charge in [0.25, 0.3) is 0 Å². The van der Waals surface area contributed by atoms with Crippen molar-refractivity contribution in [2.24, 2.45) is 0 Å². The van der Waals surface area contributed by atoms with Crippen LogP contribution in [0.5, 0.6) is 0 Å². The van der Waals surface area contributed by atoms with E-state index in [0.717, 1.165) is 19.7 Å². The lowest BCUT2D eigenvalue weighted by atomic mass is 10.0. The number of hydrogen-bond acceptors (Lipinski definition) is 2. The molecule has 0 aromatic heterocycles. The molecule has 0 radical (unpaired) electrons. The van der Waals surface area contributed by atoms with Gasteiger partial charge >= 0.3 is 0 Å². The van der Waals surface area contributed by atoms with Crippen molar-refractivity contribution in [1.82, 2.24) is 4.90 Å². The van der Waals surface area contributed by atoms with Crippen molar-refractivity contribution in [2.75, 3.05) is 13.7 Å². The molecule has 1 saturated carbocycles. The van der Waals surface area contributed by atoms with Gasteiger partial charge in [-0.1, -0.05) is 24.3 Å². The molecule has 0 bridgehead atoms. The molecule has 0 atom stereocenters. The fraction of sp³-hybridized carbons (Fsp3) is 0.412. The number of fused-ring (bicyclic) bond motifs is 2. The summed E-state index contributed by atoms with van der Waals surface area (Å²) in [7, 11) is 1.82. The summed E-state index contributed by atoms with van der Waals surface area (Å²) >= 11 is 0. The van der Waals surface area contributed by atoms with E-state index in [1.54, 1.807) is 0 Å². The molecule has 2 nitrogen and oxygen atoms in total. The Kier molecular flexibility index (Phi) is 3.49. The molecule has 0 N–H and O–H groups in total. The molecule has 0 spiro atoms. The third-order valence-corrected chi connectivity index (χ3v) is 4.70. The van der Waals surface area contributed by atoms with Crippen molar-refractivity contribution < 1.29 is 4.74 Å². The van der Waals surface area contributed by atoms with Gasteiger partial charge in [0.1, 0.15) is 0 Å². The van der Waals surface area contributed by atoms with Crippen LogP contribution in [0.3, 0.4) is 0 Å². The molecule has 1 heterocycles. The Morgan fingerprint density at radius 1 is 1.05 bits per heavy atom. The van der Waals surface area contributed by atoms with Gasteiger partial charge in [-0.2, -0.15) is 0 Å². The predicted molar refractivity (Wildman–Crippen MR) is 84.3 cm³/mol. The van der Waals surface area contributed by atoms with E-state index in [1.807, 2.05) is 7.11 Å². The van der Waals surface area contributed by atoms with Crippen LogP contribution < -0.4 is 0 Å². The number of hydrogen-bond donors (Lipinski definition) is 0. The topological polar surface area (TPSA) is 12.5 Å². The second-order valence-electron chi connectivity index (χ2n) is 5.98. The van der Waals surface area contributed by atoms with Crippen molar-refractivity contribution in [3.63, 3.8) is 0 Å². The van der Waals surface area contributed by atoms with Gasteiger partial charge < -0.3 is 4.74 Å². The first-order valence-electron chi connectivity index (χ1n) is 7.05. The molecule has 106 valence electrons. The lowest BCUT2D eigenvalue weighted by molar-refractivity contribution is 0.0726. The van der Waals surface area contributed by atoms with E-state index in [4.69, 9.17) is 4.74 Å². The highest BCUT2D eigenvalue weighted by Gasteiger charge is 2.49. The van der Waals surface area contributed by atoms with Gasteiger partial charge in [0, 0.05) is 25.7 Å². The van der Waals surface area contributed by atoms with E-state index in [1.165, 1.54) is 34.7 Å². The molecular formula is C17H20ClNO. The number of ether oxygens (including phenoxy) is 1. The fourth-order valence-electron chi connectivity index (χ4n) is 3.40. The van der Waals surface area contributed by atoms with Crippen molar-refractivity contribution >= 4 is 23.2 Å². The quantitative estimate of drug-likeness (QED) is 0.853. The molecule has 20 heavy (non-hydrogen) atoms. The average molecular weight is 290 g/mol. The Balaban J connectivity index is 0.00000121. The van der Waals surface area contributed by atoms with Gasteiger partial charge in [-0.3, -0.25) is 4.90 Å². The van der Waals surface area contributed by atoms with Crippen LogP contribution in [0.1, 0.15) is 24.0 Å². The van der Waals surface area contributed by atoms with E-state index in [0.29, 0.717) is 5.54 Å². The summed E-state index contributed by atoms with van der Waals surface area (Å²) in [6, 6.07) is 13.4. The number of rotatable bonds is 3. The summed E-state index contributed by atoms with van der Waals surface area (Å²) in [4.78, 5) is 2.61. The summed E-state index contributed by atoms with van der Waals surface area (Å²) in [6.45, 7) is 3.05. The van der Waals surface area contributed by atoms with Crippen LogP contribution in [0, 0.1) is 0 Å². The second-order valence-corrected chi connectivity index (χ2v) is 5.98. The molecule has 4 rings (SSSR count). The van der Waals surface area contributed by atoms with Crippen LogP contribution in [0.15, 0.2) is 36.4 Å². The molecule has 1 aliphatic heterocycles. The van der Waals surface area contributed by atoms with Crippen LogP contribution in [0.4, 0.5) is 0 Å². The first-order chi connectivity index (χ1) is 9.31. The fourth-order valence-corrected chi connectivity index (χ4v) is 3.40. The third-order valence-electron chi connectivity index (χ3n) is 4.70. The smallest absolute Gasteiger partial charge is 0.0646 e. The highest BCUT2D eigenvalue weighted by atomic mass is 35.5. The summed E-state index contributed by atoms with van der Waals surface area (Å²) in [5.74, 6) is 0. The summed E-state index contributed by atoms with van der Waals surface area (Å²) < 4.78 is 5.42. The van der Waals surface area contributed by atoms with Crippen molar-refractivity contribution in [1.29, 1.82) is 0 Å². The molecule has 1 aliphatic carbocycles. The van der Waals surface area contributed by atoms with Crippen LogP contribution in [0.2, 0.25) is 0 Å². The number of benzene rings is 2. The summed E-state index contributed by atoms with van der Waals surface area (Å²) in [5.41, 5.74) is 3.34. The minimum Gasteiger partial charge on any atom is -0.383 e. The third kappa shape index (κ3) is 2.12. The van der Waals surface area contributed by atoms with Crippen LogP contribution in [0.25, 0.3) is 10.8 Å². The predicted octanol–water partition coefficient (Wildman–Crippen LogP) is 3.76. The first-order valence-corrected chi connectivity index (χ1v) is 7.05. The van der Waals surface area contributed by atoms with Gasteiger partial charge in [0.05, 0.1) is 6.61 Å². The first kappa shape index (κ1) is 13.9. The Bertz CT molecular complexity index is 591. The molecule has 0 unspecified atom stereocenters. The Morgan fingerprint density at radius 3 is 2.05 bits per heavy atom. The maximum atomic E-state index is 5.42. The molecular weight excluding hydrogens is 270 g/mol. The molecule has 3 heteroatoms. The molecule has 0 amide bonds. The maximum Gasteiger partial charge on any atom is 0.0646 e. The molecule has 2 aromatic carbocycles. The molecule has 1 fully saturated rings. The molecule has 2 aliphatic rings. The van der Waals surface area contributed by atoms with E-state index < -0.39 is 0 Å². The lowest BCUT2D eigenvalue weighted by Crippen LogP contribution is -2.36. The second kappa shape index (κ2) is 5.03. The average Bonchev–Trinajstić information content (AvgIpc) is 3.09. The zero-order chi connectivity index (χ0) is 12.9. The monoisotopic (exact) mass is 289 g/mol. The highest BCUT2D eigenvalue weighted by Crippen LogP contribution is 2.46. The van der Waals surface area contributed by atoms with Crippen LogP contribution in [-0.2, 0) is 17.8 Å². The number of nitrogens with zero attached hydrogens (tertiary/aromatic N) is 1. The van der Waals surface area contributed by atoms with E-state index in [9.17, 15) is 0 Å². The largest absolute Gasteiger partial charge is 0.383 e. The van der Waals surface area contributed by atoms with Gasteiger partial charge in [-0.15, -0.1) is 12.4 Å². The Hall–Kier alpha value is -1.09. The standard InChI is InChI=1S/C17H19NO.ClH/c1-19-12-17(6-7-17)18-10-15-8-13-4-2-3-5-14(13)9-16(15)11-18;/h2-5,8-9H,6-7,10-12H2,1H3;1H.